The number of β-amino-alcohol motifs (C(OH)–C–C–N with tert-alkyl or cyclic N) is 1. The van der Waals surface area contributed by atoms with Crippen LogP contribution >= 0.6 is 0 Å². The number of likely N-dealkylation sites (tertiary alicyclic amines) is 1. The monoisotopic (exact) mass is 735 g/mol. The molecule has 5 aliphatic rings. The summed E-state index contributed by atoms with van der Waals surface area (Å²) in [6, 6.07) is 4.68. The normalized spacial score (nSPS) is 22.6. The van der Waals surface area contributed by atoms with E-state index in [1.165, 1.54) is 35.1 Å². The molecule has 3 aromatic rings. The van der Waals surface area contributed by atoms with Gasteiger partial charge in [-0.05, 0) is 76.9 Å². The van der Waals surface area contributed by atoms with Gasteiger partial charge in [0, 0.05) is 93.5 Å². The molecule has 2 saturated heterocycles. The molecule has 1 spiro atoms. The molecule has 11 nitrogen and oxygen atoms in total. The first kappa shape index (κ1) is 36.0. The van der Waals surface area contributed by atoms with Gasteiger partial charge >= 0.3 is 0 Å². The number of fused-ring (bicyclic) bond motifs is 1. The predicted octanol–water partition coefficient (Wildman–Crippen LogP) is 5.31. The molecule has 1 atom stereocenters. The fraction of sp³-hybridized carbons (Fsp3) is 0.590. The summed E-state index contributed by atoms with van der Waals surface area (Å²) in [5, 5.41) is 9.83. The second-order valence-corrected chi connectivity index (χ2v) is 16.0. The highest BCUT2D eigenvalue weighted by molar-refractivity contribution is 5.97. The maximum atomic E-state index is 14.5. The van der Waals surface area contributed by atoms with Crippen molar-refractivity contribution >= 4 is 11.7 Å². The zero-order chi connectivity index (χ0) is 36.9. The van der Waals surface area contributed by atoms with Crippen molar-refractivity contribution in [2.45, 2.75) is 95.6 Å². The molecule has 8 rings (SSSR count). The van der Waals surface area contributed by atoms with Gasteiger partial charge in [-0.15, -0.1) is 0 Å². The van der Waals surface area contributed by atoms with Gasteiger partial charge in [-0.2, -0.15) is 0 Å². The molecular weight excluding hydrogens is 687 g/mol. The van der Waals surface area contributed by atoms with Gasteiger partial charge in [-0.1, -0.05) is 0 Å². The summed E-state index contributed by atoms with van der Waals surface area (Å²) in [6.07, 6.45) is 8.58. The van der Waals surface area contributed by atoms with Crippen LogP contribution in [0.1, 0.15) is 74.0 Å². The lowest BCUT2D eigenvalue weighted by molar-refractivity contribution is -0.120. The number of aromatic nitrogens is 3. The van der Waals surface area contributed by atoms with E-state index in [9.17, 15) is 23.1 Å². The second-order valence-electron chi connectivity index (χ2n) is 16.0. The summed E-state index contributed by atoms with van der Waals surface area (Å²) in [4.78, 5) is 35.4. The van der Waals surface area contributed by atoms with Crippen LogP contribution in [0.4, 0.5) is 19.0 Å². The molecule has 0 radical (unpaired) electrons. The zero-order valence-electron chi connectivity index (χ0n) is 30.4. The Labute approximate surface area is 308 Å². The number of pyridine rings is 1. The van der Waals surface area contributed by atoms with Crippen molar-refractivity contribution in [3.05, 3.63) is 65.6 Å². The number of hydrogen-bond donors (Lipinski definition) is 1. The van der Waals surface area contributed by atoms with Crippen LogP contribution in [0.25, 0.3) is 0 Å². The first-order valence-corrected chi connectivity index (χ1v) is 18.9. The standard InChI is InChI=1S/C39H48F3N7O4/c1-25(2)49(27-15-39(41,42)16-27)37(51)30-14-26(40)4-5-33(30)53-35-19-43-24-45-36(35)48-22-38(23-48)17-29(18-38)52-34-6-9-44-32-8-13-47(21-31(32)34)11-3-10-46-12-7-28(50)20-46/h4-6,9,14,19,24-25,27-29,50H,3,7-8,10-13,15-18,20-23H2,1-2H3/t28-/m1/s1. The number of amides is 1. The zero-order valence-corrected chi connectivity index (χ0v) is 30.4. The topological polar surface area (TPSA) is 107 Å². The Morgan fingerprint density at radius 1 is 1.04 bits per heavy atom. The summed E-state index contributed by atoms with van der Waals surface area (Å²) in [5.74, 6) is -2.05. The van der Waals surface area contributed by atoms with Crippen LogP contribution in [0, 0.1) is 11.2 Å². The lowest BCUT2D eigenvalue weighted by Gasteiger charge is -2.59. The Hall–Kier alpha value is -4.01. The number of nitrogens with zero attached hydrogens (tertiary/aromatic N) is 7. The molecule has 5 heterocycles. The third kappa shape index (κ3) is 7.54. The number of aliphatic hydroxyl groups is 1. The van der Waals surface area contributed by atoms with Crippen LogP contribution in [0.15, 0.2) is 43.0 Å². The summed E-state index contributed by atoms with van der Waals surface area (Å²) in [5.41, 5.74) is 2.37. The Balaban J connectivity index is 0.878. The van der Waals surface area contributed by atoms with Crippen molar-refractivity contribution in [2.24, 2.45) is 5.41 Å². The van der Waals surface area contributed by atoms with Gasteiger partial charge in [0.2, 0.25) is 0 Å². The van der Waals surface area contributed by atoms with Gasteiger partial charge in [-0.3, -0.25) is 14.7 Å². The third-order valence-electron chi connectivity index (χ3n) is 11.6. The first-order valence-electron chi connectivity index (χ1n) is 18.9. The molecular formula is C39H48F3N7O4. The van der Waals surface area contributed by atoms with Crippen LogP contribution in [0.2, 0.25) is 0 Å². The Kier molecular flexibility index (Phi) is 9.73. The van der Waals surface area contributed by atoms with Crippen LogP contribution in [0.5, 0.6) is 17.2 Å². The molecule has 2 aromatic heterocycles. The molecule has 2 aliphatic carbocycles. The van der Waals surface area contributed by atoms with E-state index in [2.05, 4.69) is 29.7 Å². The maximum Gasteiger partial charge on any atom is 0.258 e. The fourth-order valence-electron chi connectivity index (χ4n) is 8.93. The van der Waals surface area contributed by atoms with Gasteiger partial charge in [0.25, 0.3) is 11.8 Å². The molecule has 2 saturated carbocycles. The van der Waals surface area contributed by atoms with Crippen LogP contribution in [-0.2, 0) is 13.0 Å². The molecule has 1 amide bonds. The van der Waals surface area contributed by atoms with E-state index in [-0.39, 0.29) is 35.0 Å². The molecule has 284 valence electrons. The Bertz CT molecular complexity index is 1810. The number of carbonyl (C=O) groups excluding carboxylic acids is 1. The number of benzene rings is 1. The van der Waals surface area contributed by atoms with Crippen LogP contribution in [0.3, 0.4) is 0 Å². The quantitative estimate of drug-likeness (QED) is 0.263. The number of rotatable bonds is 12. The van der Waals surface area contributed by atoms with Crippen molar-refractivity contribution < 1.29 is 32.5 Å². The van der Waals surface area contributed by atoms with Gasteiger partial charge in [-0.25, -0.2) is 23.1 Å². The molecule has 53 heavy (non-hydrogen) atoms. The van der Waals surface area contributed by atoms with E-state index in [1.54, 1.807) is 13.8 Å². The molecule has 1 aromatic carbocycles. The number of halogens is 3. The van der Waals surface area contributed by atoms with Crippen molar-refractivity contribution in [3.8, 4) is 17.2 Å². The average Bonchev–Trinajstić information content (AvgIpc) is 3.50. The third-order valence-corrected chi connectivity index (χ3v) is 11.6. The van der Waals surface area contributed by atoms with Crippen molar-refractivity contribution in [1.29, 1.82) is 0 Å². The maximum absolute atomic E-state index is 14.5. The van der Waals surface area contributed by atoms with Gasteiger partial charge < -0.3 is 29.3 Å². The number of ether oxygens (including phenoxy) is 2. The Morgan fingerprint density at radius 2 is 1.83 bits per heavy atom. The van der Waals surface area contributed by atoms with E-state index >= 15 is 0 Å². The van der Waals surface area contributed by atoms with Gasteiger partial charge in [0.1, 0.15) is 29.7 Å². The van der Waals surface area contributed by atoms with E-state index in [0.29, 0.717) is 11.6 Å². The first-order chi connectivity index (χ1) is 25.4. The van der Waals surface area contributed by atoms with Gasteiger partial charge in [0.15, 0.2) is 11.6 Å². The minimum absolute atomic E-state index is 0.0352. The summed E-state index contributed by atoms with van der Waals surface area (Å²) in [7, 11) is 0. The molecule has 3 aliphatic heterocycles. The predicted molar refractivity (Wildman–Crippen MR) is 191 cm³/mol. The summed E-state index contributed by atoms with van der Waals surface area (Å²) >= 11 is 0. The lowest BCUT2D eigenvalue weighted by atomic mass is 9.61. The SMILES string of the molecule is CC(C)N(C(=O)c1cc(F)ccc1Oc1cncnc1N1CC2(CC(Oc3ccnc4c3CN(CCCN3CC[C@@H](O)C3)CC4)C2)C1)C1CC(F)(F)C1. The molecule has 0 unspecified atom stereocenters. The number of aliphatic hydroxyl groups excluding tert-OH is 1. The minimum Gasteiger partial charge on any atom is -0.490 e. The highest BCUT2D eigenvalue weighted by Crippen LogP contribution is 2.52. The summed E-state index contributed by atoms with van der Waals surface area (Å²) < 4.78 is 54.9. The van der Waals surface area contributed by atoms with Crippen LogP contribution < -0.4 is 14.4 Å². The number of anilines is 1. The highest BCUT2D eigenvalue weighted by Gasteiger charge is 2.54. The van der Waals surface area contributed by atoms with Gasteiger partial charge in [0.05, 0.1) is 17.9 Å². The molecule has 4 fully saturated rings. The average molecular weight is 736 g/mol. The van der Waals surface area contributed by atoms with E-state index in [0.717, 1.165) is 102 Å². The minimum atomic E-state index is -2.81. The Morgan fingerprint density at radius 3 is 2.57 bits per heavy atom. The second kappa shape index (κ2) is 14.3. The van der Waals surface area contributed by atoms with E-state index < -0.39 is 36.5 Å². The molecule has 14 heteroatoms. The van der Waals surface area contributed by atoms with Crippen molar-refractivity contribution in [3.63, 3.8) is 0 Å². The molecule has 0 bridgehead atoms. The van der Waals surface area contributed by atoms with Crippen LogP contribution in [-0.4, -0.2) is 117 Å². The number of hydrogen-bond acceptors (Lipinski definition) is 10. The largest absolute Gasteiger partial charge is 0.490 e. The smallest absolute Gasteiger partial charge is 0.258 e. The molecule has 1 N–H and O–H groups in total. The fourth-order valence-corrected chi connectivity index (χ4v) is 8.93. The summed E-state index contributed by atoms with van der Waals surface area (Å²) in [6.45, 7) is 10.6. The highest BCUT2D eigenvalue weighted by atomic mass is 19.3. The number of carbonyl (C=O) groups is 1. The van der Waals surface area contributed by atoms with Crippen molar-refractivity contribution in [2.75, 3.05) is 50.7 Å². The van der Waals surface area contributed by atoms with E-state index in [1.807, 2.05) is 12.3 Å². The van der Waals surface area contributed by atoms with E-state index in [4.69, 9.17) is 9.47 Å². The number of alkyl halides is 2. The lowest BCUT2D eigenvalue weighted by Crippen LogP contribution is -2.65. The van der Waals surface area contributed by atoms with Crippen molar-refractivity contribution in [1.82, 2.24) is 29.7 Å².